The number of benzene rings is 1. The number of anilines is 1. The third-order valence-electron chi connectivity index (χ3n) is 3.25. The molecule has 20 heavy (non-hydrogen) atoms. The molecule has 7 heteroatoms. The van der Waals surface area contributed by atoms with Crippen molar-refractivity contribution < 1.29 is 17.2 Å². The molecule has 0 saturated carbocycles. The van der Waals surface area contributed by atoms with Crippen molar-refractivity contribution in [3.05, 3.63) is 35.9 Å². The minimum absolute atomic E-state index is 0.134. The highest BCUT2D eigenvalue weighted by molar-refractivity contribution is 7.89. The summed E-state index contributed by atoms with van der Waals surface area (Å²) in [7, 11) is -4.10. The molecule has 110 valence electrons. The van der Waals surface area contributed by atoms with E-state index >= 15 is 0 Å². The van der Waals surface area contributed by atoms with Crippen molar-refractivity contribution in [2.45, 2.75) is 24.2 Å². The van der Waals surface area contributed by atoms with Gasteiger partial charge >= 0.3 is 0 Å². The fraction of sp³-hybridized carbons (Fsp3) is 0.385. The quantitative estimate of drug-likeness (QED) is 0.661. The lowest BCUT2D eigenvalue weighted by molar-refractivity contribution is 0.461. The highest BCUT2D eigenvalue weighted by atomic mass is 32.2. The Morgan fingerprint density at radius 1 is 1.30 bits per heavy atom. The van der Waals surface area contributed by atoms with Gasteiger partial charge in [0.15, 0.2) is 11.6 Å². The fourth-order valence-electron chi connectivity index (χ4n) is 2.13. The molecule has 4 nitrogen and oxygen atoms in total. The third-order valence-corrected chi connectivity index (χ3v) is 4.67. The number of nitrogens with one attached hydrogen (secondary N) is 1. The minimum atomic E-state index is -4.10. The van der Waals surface area contributed by atoms with Gasteiger partial charge in [-0.05, 0) is 37.3 Å². The highest BCUT2D eigenvalue weighted by Crippen LogP contribution is 2.22. The zero-order valence-corrected chi connectivity index (χ0v) is 11.6. The smallest absolute Gasteiger partial charge is 0.243 e. The van der Waals surface area contributed by atoms with E-state index in [1.807, 2.05) is 12.2 Å². The summed E-state index contributed by atoms with van der Waals surface area (Å²) >= 11 is 0. The maximum Gasteiger partial charge on any atom is 0.243 e. The molecule has 0 amide bonds. The molecule has 0 aliphatic heterocycles. The molecule has 2 rings (SSSR count). The lowest BCUT2D eigenvalue weighted by Crippen LogP contribution is -2.30. The average molecular weight is 302 g/mol. The fourth-order valence-corrected chi connectivity index (χ4v) is 3.36. The first-order chi connectivity index (χ1) is 9.40. The van der Waals surface area contributed by atoms with E-state index in [1.54, 1.807) is 0 Å². The van der Waals surface area contributed by atoms with E-state index in [4.69, 9.17) is 5.73 Å². The standard InChI is InChI=1S/C13H16F2N2O2S/c14-11-6-10(16)7-12(13(11)15)20(18,19)17-8-9-4-2-1-3-5-9/h1-2,6-7,9,17H,3-5,8,16H2. The molecule has 1 unspecified atom stereocenters. The molecule has 1 atom stereocenters. The van der Waals surface area contributed by atoms with Crippen LogP contribution < -0.4 is 10.5 Å². The summed E-state index contributed by atoms with van der Waals surface area (Å²) in [6.07, 6.45) is 6.57. The topological polar surface area (TPSA) is 72.2 Å². The number of allylic oxidation sites excluding steroid dienone is 2. The molecule has 1 aromatic carbocycles. The van der Waals surface area contributed by atoms with Gasteiger partial charge in [0.05, 0.1) is 0 Å². The molecule has 0 bridgehead atoms. The van der Waals surface area contributed by atoms with Crippen LogP contribution in [0.4, 0.5) is 14.5 Å². The largest absolute Gasteiger partial charge is 0.399 e. The Hall–Kier alpha value is -1.47. The van der Waals surface area contributed by atoms with Crippen molar-refractivity contribution in [1.29, 1.82) is 0 Å². The van der Waals surface area contributed by atoms with E-state index in [-0.39, 0.29) is 18.2 Å². The Labute approximate surface area is 116 Å². The molecule has 0 spiro atoms. The van der Waals surface area contributed by atoms with Crippen molar-refractivity contribution in [2.75, 3.05) is 12.3 Å². The van der Waals surface area contributed by atoms with Crippen LogP contribution in [0, 0.1) is 17.6 Å². The highest BCUT2D eigenvalue weighted by Gasteiger charge is 2.23. The second-order valence-corrected chi connectivity index (χ2v) is 6.55. The maximum atomic E-state index is 13.6. The zero-order chi connectivity index (χ0) is 14.8. The second-order valence-electron chi connectivity index (χ2n) is 4.82. The van der Waals surface area contributed by atoms with Gasteiger partial charge in [-0.25, -0.2) is 21.9 Å². The molecule has 0 saturated heterocycles. The number of hydrogen-bond donors (Lipinski definition) is 2. The number of halogens is 2. The molecular formula is C13H16F2N2O2S. The monoisotopic (exact) mass is 302 g/mol. The van der Waals surface area contributed by atoms with Crippen molar-refractivity contribution >= 4 is 15.7 Å². The van der Waals surface area contributed by atoms with Crippen molar-refractivity contribution in [2.24, 2.45) is 5.92 Å². The van der Waals surface area contributed by atoms with Crippen molar-refractivity contribution in [3.8, 4) is 0 Å². The second kappa shape index (κ2) is 5.88. The number of rotatable bonds is 4. The average Bonchev–Trinajstić information content (AvgIpc) is 2.42. The Bertz CT molecular complexity index is 630. The Kier molecular flexibility index (Phi) is 4.39. The van der Waals surface area contributed by atoms with Gasteiger partial charge in [-0.3, -0.25) is 0 Å². The SMILES string of the molecule is Nc1cc(F)c(F)c(S(=O)(=O)NCC2CC=CCC2)c1. The predicted molar refractivity (Wildman–Crippen MR) is 72.4 cm³/mol. The summed E-state index contributed by atoms with van der Waals surface area (Å²) in [5.41, 5.74) is 5.22. The molecule has 1 aromatic rings. The molecule has 0 aromatic heterocycles. The summed E-state index contributed by atoms with van der Waals surface area (Å²) in [6.45, 7) is 0.197. The first-order valence-corrected chi connectivity index (χ1v) is 7.77. The minimum Gasteiger partial charge on any atom is -0.399 e. The van der Waals surface area contributed by atoms with Gasteiger partial charge in [0.1, 0.15) is 4.90 Å². The van der Waals surface area contributed by atoms with Crippen LogP contribution in [0.1, 0.15) is 19.3 Å². The first kappa shape index (κ1) is 14.9. The molecule has 0 heterocycles. The Balaban J connectivity index is 2.16. The van der Waals surface area contributed by atoms with Gasteiger partial charge in [-0.2, -0.15) is 0 Å². The first-order valence-electron chi connectivity index (χ1n) is 6.29. The van der Waals surface area contributed by atoms with Crippen LogP contribution in [-0.2, 0) is 10.0 Å². The lowest BCUT2D eigenvalue weighted by Gasteiger charge is -2.18. The summed E-state index contributed by atoms with van der Waals surface area (Å²) < 4.78 is 53.1. The van der Waals surface area contributed by atoms with E-state index < -0.39 is 26.6 Å². The predicted octanol–water partition coefficient (Wildman–Crippen LogP) is 2.18. The number of nitrogens with two attached hydrogens (primary N) is 1. The van der Waals surface area contributed by atoms with Crippen LogP contribution in [0.5, 0.6) is 0 Å². The van der Waals surface area contributed by atoms with Gasteiger partial charge in [-0.15, -0.1) is 0 Å². The number of hydrogen-bond acceptors (Lipinski definition) is 3. The van der Waals surface area contributed by atoms with Gasteiger partial charge in [0.25, 0.3) is 0 Å². The summed E-state index contributed by atoms with van der Waals surface area (Å²) in [6, 6.07) is 1.67. The van der Waals surface area contributed by atoms with Gasteiger partial charge in [0, 0.05) is 12.2 Å². The van der Waals surface area contributed by atoms with Crippen molar-refractivity contribution in [1.82, 2.24) is 4.72 Å². The number of sulfonamides is 1. The van der Waals surface area contributed by atoms with Crippen LogP contribution >= 0.6 is 0 Å². The molecule has 0 fully saturated rings. The lowest BCUT2D eigenvalue weighted by atomic mass is 9.95. The van der Waals surface area contributed by atoms with Crippen molar-refractivity contribution in [3.63, 3.8) is 0 Å². The summed E-state index contributed by atoms with van der Waals surface area (Å²) in [4.78, 5) is -0.749. The summed E-state index contributed by atoms with van der Waals surface area (Å²) in [5, 5.41) is 0. The molecular weight excluding hydrogens is 286 g/mol. The Morgan fingerprint density at radius 3 is 2.70 bits per heavy atom. The summed E-state index contributed by atoms with van der Waals surface area (Å²) in [5.74, 6) is -2.51. The van der Waals surface area contributed by atoms with Crippen LogP contribution in [-0.4, -0.2) is 15.0 Å². The van der Waals surface area contributed by atoms with E-state index in [2.05, 4.69) is 4.72 Å². The van der Waals surface area contributed by atoms with Crippen LogP contribution in [0.25, 0.3) is 0 Å². The molecule has 0 radical (unpaired) electrons. The zero-order valence-electron chi connectivity index (χ0n) is 10.8. The van der Waals surface area contributed by atoms with Crippen LogP contribution in [0.2, 0.25) is 0 Å². The maximum absolute atomic E-state index is 13.6. The van der Waals surface area contributed by atoms with Crippen LogP contribution in [0.3, 0.4) is 0 Å². The van der Waals surface area contributed by atoms with Gasteiger partial charge in [0.2, 0.25) is 10.0 Å². The van der Waals surface area contributed by atoms with E-state index in [1.165, 1.54) is 0 Å². The third kappa shape index (κ3) is 3.34. The van der Waals surface area contributed by atoms with E-state index in [0.717, 1.165) is 31.4 Å². The van der Waals surface area contributed by atoms with Crippen LogP contribution in [0.15, 0.2) is 29.2 Å². The van der Waals surface area contributed by atoms with E-state index in [9.17, 15) is 17.2 Å². The molecule has 1 aliphatic rings. The van der Waals surface area contributed by atoms with Gasteiger partial charge < -0.3 is 5.73 Å². The van der Waals surface area contributed by atoms with E-state index in [0.29, 0.717) is 0 Å². The molecule has 1 aliphatic carbocycles. The number of nitrogen functional groups attached to an aromatic ring is 1. The normalized spacial score (nSPS) is 19.2. The molecule has 3 N–H and O–H groups in total. The van der Waals surface area contributed by atoms with Gasteiger partial charge in [-0.1, -0.05) is 12.2 Å². The Morgan fingerprint density at radius 2 is 2.05 bits per heavy atom.